The van der Waals surface area contributed by atoms with Crippen molar-refractivity contribution >= 4 is 11.7 Å². The first-order valence-electron chi connectivity index (χ1n) is 6.69. The van der Waals surface area contributed by atoms with Gasteiger partial charge in [0.15, 0.2) is 0 Å². The van der Waals surface area contributed by atoms with E-state index in [0.717, 1.165) is 12.0 Å². The summed E-state index contributed by atoms with van der Waals surface area (Å²) in [7, 11) is 0. The van der Waals surface area contributed by atoms with Crippen molar-refractivity contribution in [1.82, 2.24) is 0 Å². The Hall–Kier alpha value is -1.64. The van der Waals surface area contributed by atoms with E-state index in [4.69, 9.17) is 10.1 Å². The second-order valence-electron chi connectivity index (χ2n) is 5.71. The van der Waals surface area contributed by atoms with E-state index in [9.17, 15) is 4.79 Å². The zero-order valence-electron chi connectivity index (χ0n) is 12.2. The standard InChI is InChI=1S/C16H23NO2/c1-5-13(11-12-9-7-6-8-10-12)14(17)15(18)19-16(2,3)4/h6-10,13,17H,5,11H2,1-4H3. The van der Waals surface area contributed by atoms with Crippen LogP contribution in [0.15, 0.2) is 30.3 Å². The van der Waals surface area contributed by atoms with E-state index >= 15 is 0 Å². The maximum atomic E-state index is 11.9. The second-order valence-corrected chi connectivity index (χ2v) is 5.71. The molecule has 1 N–H and O–H groups in total. The molecular weight excluding hydrogens is 238 g/mol. The van der Waals surface area contributed by atoms with Gasteiger partial charge in [0.25, 0.3) is 0 Å². The van der Waals surface area contributed by atoms with E-state index in [1.54, 1.807) is 0 Å². The molecule has 0 aromatic heterocycles. The summed E-state index contributed by atoms with van der Waals surface area (Å²) in [6.07, 6.45) is 1.46. The Morgan fingerprint density at radius 1 is 1.26 bits per heavy atom. The minimum Gasteiger partial charge on any atom is -0.455 e. The molecule has 0 aliphatic heterocycles. The van der Waals surface area contributed by atoms with Crippen molar-refractivity contribution < 1.29 is 9.53 Å². The first-order chi connectivity index (χ1) is 8.83. The SMILES string of the molecule is CCC(Cc1ccccc1)C(=N)C(=O)OC(C)(C)C. The molecule has 0 heterocycles. The molecule has 104 valence electrons. The fourth-order valence-electron chi connectivity index (χ4n) is 1.85. The molecule has 3 nitrogen and oxygen atoms in total. The van der Waals surface area contributed by atoms with Gasteiger partial charge in [-0.3, -0.25) is 5.41 Å². The molecule has 0 aliphatic carbocycles. The highest BCUT2D eigenvalue weighted by Gasteiger charge is 2.25. The number of ether oxygens (including phenoxy) is 1. The molecule has 0 saturated heterocycles. The van der Waals surface area contributed by atoms with Crippen molar-refractivity contribution in [3.05, 3.63) is 35.9 Å². The van der Waals surface area contributed by atoms with E-state index in [2.05, 4.69) is 0 Å². The van der Waals surface area contributed by atoms with Gasteiger partial charge < -0.3 is 4.74 Å². The number of carbonyl (C=O) groups excluding carboxylic acids is 1. The van der Waals surface area contributed by atoms with E-state index in [0.29, 0.717) is 6.42 Å². The molecule has 1 atom stereocenters. The Morgan fingerprint density at radius 3 is 2.32 bits per heavy atom. The Balaban J connectivity index is 2.69. The van der Waals surface area contributed by atoms with Crippen LogP contribution in [-0.4, -0.2) is 17.3 Å². The summed E-state index contributed by atoms with van der Waals surface area (Å²) in [4.78, 5) is 11.9. The van der Waals surface area contributed by atoms with Crippen LogP contribution in [0.3, 0.4) is 0 Å². The van der Waals surface area contributed by atoms with Gasteiger partial charge in [-0.15, -0.1) is 0 Å². The third-order valence-electron chi connectivity index (χ3n) is 2.84. The molecule has 0 fully saturated rings. The Labute approximate surface area is 115 Å². The molecule has 1 rings (SSSR count). The number of nitrogens with one attached hydrogen (secondary N) is 1. The van der Waals surface area contributed by atoms with Crippen LogP contribution < -0.4 is 0 Å². The molecule has 0 radical (unpaired) electrons. The number of rotatable bonds is 5. The molecule has 0 bridgehead atoms. The number of hydrogen-bond donors (Lipinski definition) is 1. The second kappa shape index (κ2) is 6.50. The summed E-state index contributed by atoms with van der Waals surface area (Å²) < 4.78 is 5.26. The van der Waals surface area contributed by atoms with Gasteiger partial charge in [0, 0.05) is 5.92 Å². The van der Waals surface area contributed by atoms with Gasteiger partial charge in [-0.2, -0.15) is 0 Å². The van der Waals surface area contributed by atoms with Crippen LogP contribution in [-0.2, 0) is 16.0 Å². The Bertz CT molecular complexity index is 432. The lowest BCUT2D eigenvalue weighted by molar-refractivity contribution is -0.146. The summed E-state index contributed by atoms with van der Waals surface area (Å²) in [6.45, 7) is 7.44. The van der Waals surface area contributed by atoms with Crippen molar-refractivity contribution in [3.8, 4) is 0 Å². The maximum Gasteiger partial charge on any atom is 0.352 e. The van der Waals surface area contributed by atoms with Crippen LogP contribution >= 0.6 is 0 Å². The van der Waals surface area contributed by atoms with Gasteiger partial charge in [-0.25, -0.2) is 4.79 Å². The third kappa shape index (κ3) is 5.25. The van der Waals surface area contributed by atoms with E-state index in [-0.39, 0.29) is 11.6 Å². The summed E-state index contributed by atoms with van der Waals surface area (Å²) in [5.74, 6) is -0.590. The normalized spacial score (nSPS) is 12.8. The molecule has 1 aromatic rings. The molecule has 0 saturated carbocycles. The van der Waals surface area contributed by atoms with Gasteiger partial charge in [-0.1, -0.05) is 37.3 Å². The smallest absolute Gasteiger partial charge is 0.352 e. The van der Waals surface area contributed by atoms with Crippen molar-refractivity contribution in [2.75, 3.05) is 0 Å². The lowest BCUT2D eigenvalue weighted by Gasteiger charge is -2.22. The molecule has 19 heavy (non-hydrogen) atoms. The number of benzene rings is 1. The minimum atomic E-state index is -0.547. The average molecular weight is 261 g/mol. The van der Waals surface area contributed by atoms with Crippen molar-refractivity contribution in [2.45, 2.75) is 46.1 Å². The summed E-state index contributed by atoms with van der Waals surface area (Å²) >= 11 is 0. The highest BCUT2D eigenvalue weighted by molar-refractivity contribution is 6.36. The average Bonchev–Trinajstić information content (AvgIpc) is 2.34. The predicted molar refractivity (Wildman–Crippen MR) is 77.5 cm³/mol. The third-order valence-corrected chi connectivity index (χ3v) is 2.84. The maximum absolute atomic E-state index is 11.9. The van der Waals surface area contributed by atoms with Gasteiger partial charge >= 0.3 is 5.97 Å². The van der Waals surface area contributed by atoms with Crippen LogP contribution in [0.25, 0.3) is 0 Å². The zero-order chi connectivity index (χ0) is 14.5. The Morgan fingerprint density at radius 2 is 1.84 bits per heavy atom. The number of hydrogen-bond acceptors (Lipinski definition) is 3. The molecule has 0 amide bonds. The topological polar surface area (TPSA) is 50.2 Å². The minimum absolute atomic E-state index is 0.0706. The fourth-order valence-corrected chi connectivity index (χ4v) is 1.85. The monoisotopic (exact) mass is 261 g/mol. The highest BCUT2D eigenvalue weighted by Crippen LogP contribution is 2.16. The molecular formula is C16H23NO2. The van der Waals surface area contributed by atoms with Crippen LogP contribution in [0.1, 0.15) is 39.7 Å². The summed E-state index contributed by atoms with van der Waals surface area (Å²) in [6, 6.07) is 9.94. The van der Waals surface area contributed by atoms with E-state index < -0.39 is 11.6 Å². The lowest BCUT2D eigenvalue weighted by Crippen LogP contribution is -2.32. The Kier molecular flexibility index (Phi) is 5.28. The predicted octanol–water partition coefficient (Wildman–Crippen LogP) is 3.62. The largest absolute Gasteiger partial charge is 0.455 e. The van der Waals surface area contributed by atoms with Crippen LogP contribution in [0.2, 0.25) is 0 Å². The first kappa shape index (κ1) is 15.4. The van der Waals surface area contributed by atoms with Gasteiger partial charge in [-0.05, 0) is 39.2 Å². The van der Waals surface area contributed by atoms with E-state index in [1.165, 1.54) is 0 Å². The highest BCUT2D eigenvalue weighted by atomic mass is 16.6. The molecule has 1 aromatic carbocycles. The molecule has 3 heteroatoms. The van der Waals surface area contributed by atoms with Crippen LogP contribution in [0.5, 0.6) is 0 Å². The lowest BCUT2D eigenvalue weighted by atomic mass is 9.92. The zero-order valence-corrected chi connectivity index (χ0v) is 12.2. The van der Waals surface area contributed by atoms with Crippen molar-refractivity contribution in [1.29, 1.82) is 5.41 Å². The summed E-state index contributed by atoms with van der Waals surface area (Å²) in [5, 5.41) is 8.01. The van der Waals surface area contributed by atoms with Crippen molar-refractivity contribution in [3.63, 3.8) is 0 Å². The van der Waals surface area contributed by atoms with Crippen LogP contribution in [0, 0.1) is 11.3 Å². The summed E-state index contributed by atoms with van der Waals surface area (Å²) in [5.41, 5.74) is 0.665. The number of carbonyl (C=O) groups is 1. The van der Waals surface area contributed by atoms with Gasteiger partial charge in [0.05, 0.1) is 0 Å². The van der Waals surface area contributed by atoms with E-state index in [1.807, 2.05) is 58.0 Å². The molecule has 1 unspecified atom stereocenters. The first-order valence-corrected chi connectivity index (χ1v) is 6.69. The number of esters is 1. The van der Waals surface area contributed by atoms with Gasteiger partial charge in [0.2, 0.25) is 0 Å². The van der Waals surface area contributed by atoms with Crippen molar-refractivity contribution in [2.24, 2.45) is 5.92 Å². The van der Waals surface area contributed by atoms with Gasteiger partial charge in [0.1, 0.15) is 11.3 Å². The van der Waals surface area contributed by atoms with Crippen LogP contribution in [0.4, 0.5) is 0 Å². The molecule has 0 aliphatic rings. The quantitative estimate of drug-likeness (QED) is 0.650. The fraction of sp³-hybridized carbons (Fsp3) is 0.500. The molecule has 0 spiro atoms.